The van der Waals surface area contributed by atoms with Crippen LogP contribution in [0.3, 0.4) is 0 Å². The third kappa shape index (κ3) is 3.09. The van der Waals surface area contributed by atoms with Gasteiger partial charge in [0.2, 0.25) is 4.96 Å². The van der Waals surface area contributed by atoms with E-state index in [0.29, 0.717) is 15.5 Å². The summed E-state index contributed by atoms with van der Waals surface area (Å²) in [5.74, 6) is 0.0645. The Morgan fingerprint density at radius 3 is 2.62 bits per heavy atom. The quantitative estimate of drug-likeness (QED) is 0.543. The molecule has 7 heteroatoms. The molecule has 0 fully saturated rings. The standard InChI is InChI=1S/C19H15ClN4OS/c1-11-3-4-14(9-12(11)2)17(25)21-18-22-19-24(23-18)16(10-26-19)13-5-7-15(20)8-6-13/h3-10H,1-2H3,(H,21,23,25). The minimum atomic E-state index is -0.223. The van der Waals surface area contributed by atoms with E-state index in [1.54, 1.807) is 10.6 Å². The van der Waals surface area contributed by atoms with E-state index in [2.05, 4.69) is 15.4 Å². The van der Waals surface area contributed by atoms with Gasteiger partial charge in [0, 0.05) is 21.5 Å². The first kappa shape index (κ1) is 16.8. The van der Waals surface area contributed by atoms with Crippen LogP contribution in [0.4, 0.5) is 5.95 Å². The molecular formula is C19H15ClN4OS. The van der Waals surface area contributed by atoms with E-state index in [9.17, 15) is 4.79 Å². The molecule has 1 N–H and O–H groups in total. The van der Waals surface area contributed by atoms with E-state index in [0.717, 1.165) is 22.4 Å². The predicted octanol–water partition coefficient (Wildman–Crippen LogP) is 4.98. The predicted molar refractivity (Wildman–Crippen MR) is 105 cm³/mol. The van der Waals surface area contributed by atoms with Crippen LogP contribution in [0, 0.1) is 13.8 Å². The summed E-state index contributed by atoms with van der Waals surface area (Å²) in [5, 5.41) is 9.86. The second kappa shape index (κ2) is 6.55. The Hall–Kier alpha value is -2.70. The van der Waals surface area contributed by atoms with Gasteiger partial charge in [-0.2, -0.15) is 4.98 Å². The van der Waals surface area contributed by atoms with Crippen molar-refractivity contribution in [3.05, 3.63) is 69.6 Å². The fourth-order valence-electron chi connectivity index (χ4n) is 2.61. The van der Waals surface area contributed by atoms with Crippen molar-refractivity contribution >= 4 is 39.8 Å². The van der Waals surface area contributed by atoms with Gasteiger partial charge in [0.1, 0.15) is 0 Å². The second-order valence-electron chi connectivity index (χ2n) is 6.01. The summed E-state index contributed by atoms with van der Waals surface area (Å²) >= 11 is 7.42. The van der Waals surface area contributed by atoms with Gasteiger partial charge < -0.3 is 0 Å². The molecule has 130 valence electrons. The summed E-state index contributed by atoms with van der Waals surface area (Å²) < 4.78 is 1.73. The number of benzene rings is 2. The van der Waals surface area contributed by atoms with Gasteiger partial charge in [0.05, 0.1) is 5.69 Å². The van der Waals surface area contributed by atoms with Gasteiger partial charge in [0.25, 0.3) is 11.9 Å². The number of nitrogens with zero attached hydrogens (tertiary/aromatic N) is 3. The number of halogens is 1. The summed E-state index contributed by atoms with van der Waals surface area (Å²) in [6, 6.07) is 13.1. The molecule has 0 aliphatic carbocycles. The van der Waals surface area contributed by atoms with Gasteiger partial charge >= 0.3 is 0 Å². The molecule has 0 aliphatic heterocycles. The van der Waals surface area contributed by atoms with Gasteiger partial charge in [-0.05, 0) is 49.2 Å². The molecule has 0 aliphatic rings. The number of amides is 1. The first-order valence-electron chi connectivity index (χ1n) is 8.00. The number of fused-ring (bicyclic) bond motifs is 1. The number of aryl methyl sites for hydroxylation is 2. The first-order valence-corrected chi connectivity index (χ1v) is 9.26. The van der Waals surface area contributed by atoms with Gasteiger partial charge in [-0.25, -0.2) is 4.52 Å². The number of anilines is 1. The van der Waals surface area contributed by atoms with Crippen LogP contribution in [0.1, 0.15) is 21.5 Å². The minimum absolute atomic E-state index is 0.223. The highest BCUT2D eigenvalue weighted by atomic mass is 35.5. The number of aromatic nitrogens is 3. The maximum absolute atomic E-state index is 12.5. The van der Waals surface area contributed by atoms with Crippen molar-refractivity contribution in [2.75, 3.05) is 5.32 Å². The molecule has 0 saturated heterocycles. The third-order valence-electron chi connectivity index (χ3n) is 4.22. The van der Waals surface area contributed by atoms with Crippen LogP contribution in [0.5, 0.6) is 0 Å². The topological polar surface area (TPSA) is 59.3 Å². The fourth-order valence-corrected chi connectivity index (χ4v) is 3.57. The lowest BCUT2D eigenvalue weighted by Gasteiger charge is -2.04. The Bertz CT molecular complexity index is 1110. The van der Waals surface area contributed by atoms with Gasteiger partial charge in [0.15, 0.2) is 0 Å². The van der Waals surface area contributed by atoms with Gasteiger partial charge in [-0.3, -0.25) is 10.1 Å². The number of carbonyl (C=O) groups excluding carboxylic acids is 1. The smallest absolute Gasteiger partial charge is 0.258 e. The first-order chi connectivity index (χ1) is 12.5. The molecule has 2 aromatic carbocycles. The number of carbonyl (C=O) groups is 1. The Labute approximate surface area is 159 Å². The zero-order valence-corrected chi connectivity index (χ0v) is 15.7. The Kier molecular flexibility index (Phi) is 4.22. The average molecular weight is 383 g/mol. The lowest BCUT2D eigenvalue weighted by Crippen LogP contribution is -2.13. The van der Waals surface area contributed by atoms with Crippen molar-refractivity contribution < 1.29 is 4.79 Å². The van der Waals surface area contributed by atoms with Crippen LogP contribution in [0.15, 0.2) is 47.8 Å². The van der Waals surface area contributed by atoms with E-state index in [1.807, 2.05) is 55.6 Å². The lowest BCUT2D eigenvalue weighted by atomic mass is 10.1. The molecule has 0 saturated carbocycles. The second-order valence-corrected chi connectivity index (χ2v) is 7.28. The third-order valence-corrected chi connectivity index (χ3v) is 5.28. The van der Waals surface area contributed by atoms with E-state index >= 15 is 0 Å². The van der Waals surface area contributed by atoms with Crippen LogP contribution < -0.4 is 5.32 Å². The molecule has 5 nitrogen and oxygen atoms in total. The summed E-state index contributed by atoms with van der Waals surface area (Å²) in [4.78, 5) is 17.6. The number of nitrogens with one attached hydrogen (secondary N) is 1. The van der Waals surface area contributed by atoms with Crippen LogP contribution >= 0.6 is 22.9 Å². The Morgan fingerprint density at radius 2 is 1.88 bits per heavy atom. The van der Waals surface area contributed by atoms with E-state index < -0.39 is 0 Å². The molecular weight excluding hydrogens is 368 g/mol. The average Bonchev–Trinajstić information content (AvgIpc) is 3.18. The molecule has 0 atom stereocenters. The lowest BCUT2D eigenvalue weighted by molar-refractivity contribution is 0.102. The van der Waals surface area contributed by atoms with Crippen molar-refractivity contribution in [2.24, 2.45) is 0 Å². The van der Waals surface area contributed by atoms with Crippen LogP contribution in [-0.2, 0) is 0 Å². The number of rotatable bonds is 3. The molecule has 0 radical (unpaired) electrons. The minimum Gasteiger partial charge on any atom is -0.289 e. The molecule has 1 amide bonds. The van der Waals surface area contributed by atoms with E-state index in [-0.39, 0.29) is 11.9 Å². The van der Waals surface area contributed by atoms with Crippen molar-refractivity contribution in [3.8, 4) is 11.3 Å². The summed E-state index contributed by atoms with van der Waals surface area (Å²) in [7, 11) is 0. The van der Waals surface area contributed by atoms with Gasteiger partial charge in [-0.1, -0.05) is 29.8 Å². The van der Waals surface area contributed by atoms with E-state index in [4.69, 9.17) is 11.6 Å². The van der Waals surface area contributed by atoms with Crippen LogP contribution in [0.2, 0.25) is 5.02 Å². The monoisotopic (exact) mass is 382 g/mol. The zero-order chi connectivity index (χ0) is 18.3. The van der Waals surface area contributed by atoms with Crippen molar-refractivity contribution in [1.82, 2.24) is 14.6 Å². The maximum Gasteiger partial charge on any atom is 0.258 e. The Morgan fingerprint density at radius 1 is 1.12 bits per heavy atom. The molecule has 2 aromatic heterocycles. The van der Waals surface area contributed by atoms with Crippen molar-refractivity contribution in [2.45, 2.75) is 13.8 Å². The summed E-state index contributed by atoms with van der Waals surface area (Å²) in [6.07, 6.45) is 0. The molecule has 0 spiro atoms. The molecule has 26 heavy (non-hydrogen) atoms. The van der Waals surface area contributed by atoms with Gasteiger partial charge in [-0.15, -0.1) is 16.4 Å². The van der Waals surface area contributed by atoms with E-state index in [1.165, 1.54) is 11.3 Å². The highest BCUT2D eigenvalue weighted by molar-refractivity contribution is 7.15. The van der Waals surface area contributed by atoms with Crippen molar-refractivity contribution in [1.29, 1.82) is 0 Å². The number of hydrogen-bond donors (Lipinski definition) is 1. The molecule has 2 heterocycles. The zero-order valence-electron chi connectivity index (χ0n) is 14.2. The SMILES string of the molecule is Cc1ccc(C(=O)Nc2nc3scc(-c4ccc(Cl)cc4)n3n2)cc1C. The molecule has 0 bridgehead atoms. The summed E-state index contributed by atoms with van der Waals surface area (Å²) in [5.41, 5.74) is 4.69. The van der Waals surface area contributed by atoms with Crippen molar-refractivity contribution in [3.63, 3.8) is 0 Å². The molecule has 4 aromatic rings. The Balaban J connectivity index is 1.62. The number of thiazole rings is 1. The molecule has 4 rings (SSSR count). The highest BCUT2D eigenvalue weighted by Crippen LogP contribution is 2.27. The number of hydrogen-bond acceptors (Lipinski definition) is 4. The normalized spacial score (nSPS) is 11.0. The summed E-state index contributed by atoms with van der Waals surface area (Å²) in [6.45, 7) is 4.00. The van der Waals surface area contributed by atoms with Crippen LogP contribution in [0.25, 0.3) is 16.2 Å². The van der Waals surface area contributed by atoms with Crippen LogP contribution in [-0.4, -0.2) is 20.5 Å². The highest BCUT2D eigenvalue weighted by Gasteiger charge is 2.14. The molecule has 0 unspecified atom stereocenters. The fraction of sp³-hybridized carbons (Fsp3) is 0.105. The largest absolute Gasteiger partial charge is 0.289 e. The maximum atomic E-state index is 12.5.